The molecule has 5 rings (SSSR count). The lowest BCUT2D eigenvalue weighted by Gasteiger charge is -2.26. The number of carbonyl (C=O) groups is 2. The van der Waals surface area contributed by atoms with Gasteiger partial charge < -0.3 is 10.2 Å². The molecule has 33 heavy (non-hydrogen) atoms. The third-order valence-corrected chi connectivity index (χ3v) is 5.88. The predicted molar refractivity (Wildman–Crippen MR) is 126 cm³/mol. The highest BCUT2D eigenvalue weighted by atomic mass is 16.3. The van der Waals surface area contributed by atoms with Crippen LogP contribution in [-0.2, 0) is 9.59 Å². The van der Waals surface area contributed by atoms with Crippen LogP contribution in [0.5, 0.6) is 5.75 Å². The van der Waals surface area contributed by atoms with Crippen LogP contribution in [-0.4, -0.2) is 26.9 Å². The number of aromatic hydroxyl groups is 1. The second-order valence-corrected chi connectivity index (χ2v) is 7.97. The molecular weight excluding hydrogens is 416 g/mol. The summed E-state index contributed by atoms with van der Waals surface area (Å²) in [6.07, 6.45) is 3.14. The van der Waals surface area contributed by atoms with Crippen LogP contribution in [0, 0.1) is 6.92 Å². The van der Waals surface area contributed by atoms with Crippen molar-refractivity contribution in [2.45, 2.75) is 13.0 Å². The van der Waals surface area contributed by atoms with Crippen LogP contribution < -0.4 is 4.90 Å². The molecule has 2 heterocycles. The first-order valence-corrected chi connectivity index (χ1v) is 10.5. The average molecular weight is 436 g/mol. The molecule has 1 atom stereocenters. The largest absolute Gasteiger partial charge is 0.507 e. The standard InChI is InChI=1S/C27H20N2O4/c1-16-11-12-22(30)21(14-16)29-24(18-8-5-13-28-15-18)23(26(32)27(29)33)25(31)20-10-4-7-17-6-2-3-9-19(17)20/h2-15,24,30-31H,1H3/b25-23-. The molecule has 1 fully saturated rings. The topological polar surface area (TPSA) is 90.7 Å². The fourth-order valence-corrected chi connectivity index (χ4v) is 4.34. The van der Waals surface area contributed by atoms with E-state index in [-0.39, 0.29) is 22.8 Å². The van der Waals surface area contributed by atoms with Gasteiger partial charge in [0.25, 0.3) is 11.7 Å². The molecule has 1 aliphatic heterocycles. The number of hydrogen-bond donors (Lipinski definition) is 2. The first-order valence-electron chi connectivity index (χ1n) is 10.5. The lowest BCUT2D eigenvalue weighted by Crippen LogP contribution is -2.29. The summed E-state index contributed by atoms with van der Waals surface area (Å²) in [5.74, 6) is -2.06. The Bertz CT molecular complexity index is 1440. The van der Waals surface area contributed by atoms with E-state index in [9.17, 15) is 19.8 Å². The van der Waals surface area contributed by atoms with Crippen LogP contribution in [0.15, 0.2) is 90.8 Å². The van der Waals surface area contributed by atoms with Crippen molar-refractivity contribution in [2.24, 2.45) is 0 Å². The van der Waals surface area contributed by atoms with Crippen molar-refractivity contribution < 1.29 is 19.8 Å². The lowest BCUT2D eigenvalue weighted by atomic mass is 9.94. The smallest absolute Gasteiger partial charge is 0.300 e. The van der Waals surface area contributed by atoms with Gasteiger partial charge >= 0.3 is 0 Å². The molecule has 6 heteroatoms. The minimum atomic E-state index is -0.953. The molecular formula is C27H20N2O4. The molecule has 1 unspecified atom stereocenters. The highest BCUT2D eigenvalue weighted by molar-refractivity contribution is 6.52. The van der Waals surface area contributed by atoms with Crippen LogP contribution in [0.2, 0.25) is 0 Å². The van der Waals surface area contributed by atoms with Gasteiger partial charge in [0.1, 0.15) is 11.5 Å². The lowest BCUT2D eigenvalue weighted by molar-refractivity contribution is -0.132. The number of pyridine rings is 1. The Labute approximate surface area is 190 Å². The minimum Gasteiger partial charge on any atom is -0.507 e. The summed E-state index contributed by atoms with van der Waals surface area (Å²) in [5, 5.41) is 23.6. The van der Waals surface area contributed by atoms with Gasteiger partial charge in [-0.05, 0) is 47.0 Å². The number of rotatable bonds is 3. The molecule has 6 nitrogen and oxygen atoms in total. The van der Waals surface area contributed by atoms with E-state index >= 15 is 0 Å². The van der Waals surface area contributed by atoms with E-state index in [0.717, 1.165) is 16.3 Å². The summed E-state index contributed by atoms with van der Waals surface area (Å²) in [6.45, 7) is 1.83. The Morgan fingerprint density at radius 1 is 0.970 bits per heavy atom. The number of phenols is 1. The number of fused-ring (bicyclic) bond motifs is 1. The number of aliphatic hydroxyl groups excluding tert-OH is 1. The number of amides is 1. The Kier molecular flexibility index (Phi) is 4.90. The number of ketones is 1. The molecule has 0 aliphatic carbocycles. The Morgan fingerprint density at radius 2 is 1.76 bits per heavy atom. The Hall–Kier alpha value is -4.45. The maximum atomic E-state index is 13.3. The molecule has 3 aromatic carbocycles. The van der Waals surface area contributed by atoms with E-state index in [0.29, 0.717) is 11.1 Å². The highest BCUT2D eigenvalue weighted by Crippen LogP contribution is 2.45. The summed E-state index contributed by atoms with van der Waals surface area (Å²) >= 11 is 0. The molecule has 162 valence electrons. The second kappa shape index (κ2) is 7.91. The molecule has 1 aliphatic rings. The first-order chi connectivity index (χ1) is 16.0. The van der Waals surface area contributed by atoms with Crippen molar-refractivity contribution in [3.05, 3.63) is 107 Å². The molecule has 0 bridgehead atoms. The van der Waals surface area contributed by atoms with Gasteiger partial charge in [-0.1, -0.05) is 54.6 Å². The molecule has 1 aromatic heterocycles. The number of carbonyl (C=O) groups excluding carboxylic acids is 2. The number of aromatic nitrogens is 1. The maximum absolute atomic E-state index is 13.3. The molecule has 0 spiro atoms. The van der Waals surface area contributed by atoms with E-state index in [1.165, 1.54) is 11.0 Å². The van der Waals surface area contributed by atoms with Gasteiger partial charge in [-0.15, -0.1) is 0 Å². The normalized spacial score (nSPS) is 17.6. The highest BCUT2D eigenvalue weighted by Gasteiger charge is 2.48. The fourth-order valence-electron chi connectivity index (χ4n) is 4.34. The summed E-state index contributed by atoms with van der Waals surface area (Å²) in [4.78, 5) is 32.0. The van der Waals surface area contributed by atoms with Crippen LogP contribution in [0.4, 0.5) is 5.69 Å². The number of aliphatic hydroxyl groups is 1. The Balaban J connectivity index is 1.80. The molecule has 4 aromatic rings. The molecule has 1 amide bonds. The zero-order valence-corrected chi connectivity index (χ0v) is 17.8. The number of phenolic OH excluding ortho intramolecular Hbond substituents is 1. The van der Waals surface area contributed by atoms with Crippen LogP contribution in [0.3, 0.4) is 0 Å². The summed E-state index contributed by atoms with van der Waals surface area (Å²) in [7, 11) is 0. The quantitative estimate of drug-likeness (QED) is 0.272. The van der Waals surface area contributed by atoms with Gasteiger partial charge in [-0.2, -0.15) is 0 Å². The third-order valence-electron chi connectivity index (χ3n) is 5.88. The maximum Gasteiger partial charge on any atom is 0.300 e. The van der Waals surface area contributed by atoms with E-state index in [4.69, 9.17) is 0 Å². The summed E-state index contributed by atoms with van der Waals surface area (Å²) < 4.78 is 0. The third kappa shape index (κ3) is 3.32. The van der Waals surface area contributed by atoms with Crippen molar-refractivity contribution in [2.75, 3.05) is 4.90 Å². The molecule has 1 saturated heterocycles. The summed E-state index contributed by atoms with van der Waals surface area (Å²) in [5.41, 5.74) is 1.95. The second-order valence-electron chi connectivity index (χ2n) is 7.97. The van der Waals surface area contributed by atoms with Crippen molar-refractivity contribution in [1.82, 2.24) is 4.98 Å². The summed E-state index contributed by atoms with van der Waals surface area (Å²) in [6, 6.07) is 20.2. The molecule has 0 saturated carbocycles. The molecule has 2 N–H and O–H groups in total. The predicted octanol–water partition coefficient (Wildman–Crippen LogP) is 4.88. The number of anilines is 1. The zero-order chi connectivity index (χ0) is 23.1. The van der Waals surface area contributed by atoms with E-state index in [2.05, 4.69) is 4.98 Å². The number of hydrogen-bond acceptors (Lipinski definition) is 5. The van der Waals surface area contributed by atoms with Crippen LogP contribution in [0.25, 0.3) is 16.5 Å². The number of Topliss-reactive ketones (excluding diaryl/α,β-unsaturated/α-hetero) is 1. The zero-order valence-electron chi connectivity index (χ0n) is 17.8. The minimum absolute atomic E-state index is 0.0507. The first kappa shape index (κ1) is 20.5. The van der Waals surface area contributed by atoms with Crippen molar-refractivity contribution in [3.8, 4) is 5.75 Å². The van der Waals surface area contributed by atoms with Gasteiger partial charge in [-0.3, -0.25) is 19.5 Å². The van der Waals surface area contributed by atoms with Crippen LogP contribution >= 0.6 is 0 Å². The van der Waals surface area contributed by atoms with Crippen molar-refractivity contribution in [1.29, 1.82) is 0 Å². The van der Waals surface area contributed by atoms with Crippen molar-refractivity contribution in [3.63, 3.8) is 0 Å². The number of benzene rings is 3. The Morgan fingerprint density at radius 3 is 2.55 bits per heavy atom. The van der Waals surface area contributed by atoms with Crippen LogP contribution in [0.1, 0.15) is 22.7 Å². The number of nitrogens with zero attached hydrogens (tertiary/aromatic N) is 2. The average Bonchev–Trinajstić information content (AvgIpc) is 3.10. The SMILES string of the molecule is Cc1ccc(O)c(N2C(=O)C(=O)/C(=C(\O)c3cccc4ccccc34)C2c2cccnc2)c1. The van der Waals surface area contributed by atoms with Gasteiger partial charge in [-0.25, -0.2) is 0 Å². The van der Waals surface area contributed by atoms with E-state index in [1.54, 1.807) is 48.8 Å². The monoisotopic (exact) mass is 436 g/mol. The van der Waals surface area contributed by atoms with Crippen molar-refractivity contribution >= 4 is 33.9 Å². The van der Waals surface area contributed by atoms with Gasteiger partial charge in [0.2, 0.25) is 0 Å². The van der Waals surface area contributed by atoms with Gasteiger partial charge in [0, 0.05) is 18.0 Å². The molecule has 0 radical (unpaired) electrons. The fraction of sp³-hybridized carbons (Fsp3) is 0.0741. The van der Waals surface area contributed by atoms with E-state index < -0.39 is 17.7 Å². The number of aryl methyl sites for hydroxylation is 1. The van der Waals surface area contributed by atoms with E-state index in [1.807, 2.05) is 37.3 Å². The van der Waals surface area contributed by atoms with Gasteiger partial charge in [0.15, 0.2) is 0 Å². The van der Waals surface area contributed by atoms with Gasteiger partial charge in [0.05, 0.1) is 17.3 Å².